The summed E-state index contributed by atoms with van der Waals surface area (Å²) in [6.07, 6.45) is 0. The van der Waals surface area contributed by atoms with E-state index in [1.807, 2.05) is 39.7 Å². The molecule has 0 aromatic carbocycles. The molecule has 152 valence electrons. The van der Waals surface area contributed by atoms with Gasteiger partial charge in [0.15, 0.2) is 5.13 Å². The topological polar surface area (TPSA) is 131 Å². The van der Waals surface area contributed by atoms with Gasteiger partial charge in [0.05, 0.1) is 16.3 Å². The standard InChI is InChI=1S/C20H12N6OS4/c21-6-10-13(9-3-5-28-7-9)14-15(22)16(31-19(14)25-17(10)23)18(27)26-20-24-11(8-30-20)12-2-1-4-29-12/h1-5,7-8H,22H2,(H2,23,25)(H,24,26,27). The summed E-state index contributed by atoms with van der Waals surface area (Å²) in [5.41, 5.74) is 15.2. The van der Waals surface area contributed by atoms with Gasteiger partial charge in [-0.1, -0.05) is 6.07 Å². The lowest BCUT2D eigenvalue weighted by molar-refractivity contribution is 0.103. The first kappa shape index (κ1) is 19.7. The minimum atomic E-state index is -0.374. The van der Waals surface area contributed by atoms with Crippen LogP contribution in [0.4, 0.5) is 16.6 Å². The number of thiazole rings is 1. The highest BCUT2D eigenvalue weighted by Gasteiger charge is 2.25. The average molecular weight is 481 g/mol. The third kappa shape index (κ3) is 3.35. The lowest BCUT2D eigenvalue weighted by Crippen LogP contribution is -2.11. The number of nitrogen functional groups attached to an aromatic ring is 2. The van der Waals surface area contributed by atoms with E-state index in [1.54, 1.807) is 11.3 Å². The minimum Gasteiger partial charge on any atom is -0.397 e. The molecule has 0 atom stereocenters. The summed E-state index contributed by atoms with van der Waals surface area (Å²) in [7, 11) is 0. The van der Waals surface area contributed by atoms with E-state index in [1.165, 1.54) is 22.7 Å². The summed E-state index contributed by atoms with van der Waals surface area (Å²) in [4.78, 5) is 23.7. The molecule has 0 aliphatic heterocycles. The number of nitrogens with one attached hydrogen (secondary N) is 1. The number of nitriles is 1. The van der Waals surface area contributed by atoms with Crippen molar-refractivity contribution in [2.24, 2.45) is 0 Å². The zero-order chi connectivity index (χ0) is 21.5. The van der Waals surface area contributed by atoms with E-state index in [2.05, 4.69) is 21.4 Å². The number of thiophene rings is 3. The highest BCUT2D eigenvalue weighted by atomic mass is 32.1. The molecule has 0 aliphatic rings. The number of fused-ring (bicyclic) bond motifs is 1. The molecule has 0 saturated heterocycles. The van der Waals surface area contributed by atoms with E-state index in [0.29, 0.717) is 25.8 Å². The highest BCUT2D eigenvalue weighted by Crippen LogP contribution is 2.43. The van der Waals surface area contributed by atoms with E-state index in [-0.39, 0.29) is 23.0 Å². The molecular formula is C20H12N6OS4. The third-order valence-electron chi connectivity index (χ3n) is 4.53. The van der Waals surface area contributed by atoms with Gasteiger partial charge < -0.3 is 11.5 Å². The number of amides is 1. The van der Waals surface area contributed by atoms with E-state index in [9.17, 15) is 10.1 Å². The van der Waals surface area contributed by atoms with Crippen molar-refractivity contribution in [1.29, 1.82) is 5.26 Å². The third-order valence-corrected chi connectivity index (χ3v) is 7.96. The molecule has 0 saturated carbocycles. The number of anilines is 3. The van der Waals surface area contributed by atoms with Crippen LogP contribution in [0.2, 0.25) is 0 Å². The molecule has 11 heteroatoms. The molecule has 0 bridgehead atoms. The van der Waals surface area contributed by atoms with Gasteiger partial charge >= 0.3 is 0 Å². The first-order valence-electron chi connectivity index (χ1n) is 8.81. The summed E-state index contributed by atoms with van der Waals surface area (Å²) in [5.74, 6) is -0.258. The summed E-state index contributed by atoms with van der Waals surface area (Å²) in [6, 6.07) is 7.94. The largest absolute Gasteiger partial charge is 0.397 e. The molecule has 0 spiro atoms. The molecule has 5 aromatic heterocycles. The van der Waals surface area contributed by atoms with Gasteiger partial charge in [-0.3, -0.25) is 10.1 Å². The number of pyridine rings is 1. The maximum atomic E-state index is 13.0. The molecule has 0 aliphatic carbocycles. The number of carbonyl (C=O) groups is 1. The lowest BCUT2D eigenvalue weighted by Gasteiger charge is -2.07. The second-order valence-electron chi connectivity index (χ2n) is 6.37. The van der Waals surface area contributed by atoms with Crippen LogP contribution in [-0.4, -0.2) is 15.9 Å². The van der Waals surface area contributed by atoms with E-state index in [0.717, 1.165) is 27.5 Å². The Bertz CT molecular complexity index is 1460. The van der Waals surface area contributed by atoms with Crippen LogP contribution >= 0.6 is 45.3 Å². The normalized spacial score (nSPS) is 10.9. The number of rotatable bonds is 4. The van der Waals surface area contributed by atoms with E-state index >= 15 is 0 Å². The van der Waals surface area contributed by atoms with Crippen LogP contribution in [0.3, 0.4) is 0 Å². The van der Waals surface area contributed by atoms with Crippen LogP contribution in [0.25, 0.3) is 31.9 Å². The van der Waals surface area contributed by atoms with Crippen LogP contribution < -0.4 is 16.8 Å². The van der Waals surface area contributed by atoms with Crippen molar-refractivity contribution in [1.82, 2.24) is 9.97 Å². The SMILES string of the molecule is N#Cc1c(N)nc2sc(C(=O)Nc3nc(-c4cccs4)cs3)c(N)c2c1-c1ccsc1. The predicted octanol–water partition coefficient (Wildman–Crippen LogP) is 5.50. The Morgan fingerprint density at radius 3 is 2.71 bits per heavy atom. The molecule has 0 radical (unpaired) electrons. The van der Waals surface area contributed by atoms with Gasteiger partial charge in [-0.15, -0.1) is 34.0 Å². The Kier molecular flexibility index (Phi) is 4.91. The van der Waals surface area contributed by atoms with Crippen molar-refractivity contribution in [2.75, 3.05) is 16.8 Å². The summed E-state index contributed by atoms with van der Waals surface area (Å²) in [6.45, 7) is 0. The van der Waals surface area contributed by atoms with E-state index in [4.69, 9.17) is 11.5 Å². The Balaban J connectivity index is 1.57. The number of nitrogens with zero attached hydrogens (tertiary/aromatic N) is 3. The summed E-state index contributed by atoms with van der Waals surface area (Å²) >= 11 is 5.57. The fourth-order valence-corrected chi connectivity index (χ4v) is 6.29. The van der Waals surface area contributed by atoms with E-state index < -0.39 is 0 Å². The second-order valence-corrected chi connectivity index (χ2v) is 9.95. The van der Waals surface area contributed by atoms with Gasteiger partial charge in [0, 0.05) is 16.3 Å². The molecule has 5 N–H and O–H groups in total. The van der Waals surface area contributed by atoms with Gasteiger partial charge in [0.2, 0.25) is 0 Å². The molecular weight excluding hydrogens is 469 g/mol. The van der Waals surface area contributed by atoms with Crippen LogP contribution in [0.15, 0.2) is 39.7 Å². The quantitative estimate of drug-likeness (QED) is 0.311. The smallest absolute Gasteiger partial charge is 0.269 e. The lowest BCUT2D eigenvalue weighted by atomic mass is 9.99. The summed E-state index contributed by atoms with van der Waals surface area (Å²) in [5, 5.41) is 21.2. The first-order valence-corrected chi connectivity index (χ1v) is 12.3. The number of hydrogen-bond acceptors (Lipinski definition) is 10. The van der Waals surface area contributed by atoms with Crippen molar-refractivity contribution < 1.29 is 4.79 Å². The van der Waals surface area contributed by atoms with Gasteiger partial charge in [-0.25, -0.2) is 9.97 Å². The number of carbonyl (C=O) groups excluding carboxylic acids is 1. The van der Waals surface area contributed by atoms with Crippen LogP contribution in [0, 0.1) is 11.3 Å². The number of nitrogens with two attached hydrogens (primary N) is 2. The maximum absolute atomic E-state index is 13.0. The Hall–Kier alpha value is -3.30. The average Bonchev–Trinajstić information content (AvgIpc) is 3.54. The molecule has 7 nitrogen and oxygen atoms in total. The van der Waals surface area contributed by atoms with Crippen LogP contribution in [-0.2, 0) is 0 Å². The molecule has 5 heterocycles. The Morgan fingerprint density at radius 1 is 1.13 bits per heavy atom. The molecule has 5 aromatic rings. The molecule has 0 unspecified atom stereocenters. The van der Waals surface area contributed by atoms with Crippen LogP contribution in [0.1, 0.15) is 15.2 Å². The second kappa shape index (κ2) is 7.75. The van der Waals surface area contributed by atoms with Gasteiger partial charge in [-0.05, 0) is 33.8 Å². The fraction of sp³-hybridized carbons (Fsp3) is 0. The van der Waals surface area contributed by atoms with Gasteiger partial charge in [-0.2, -0.15) is 16.6 Å². The van der Waals surface area contributed by atoms with Gasteiger partial charge in [0.25, 0.3) is 5.91 Å². The Labute approximate surface area is 192 Å². The molecule has 0 fully saturated rings. The molecule has 5 rings (SSSR count). The first-order chi connectivity index (χ1) is 15.1. The van der Waals surface area contributed by atoms with Crippen molar-refractivity contribution in [3.05, 3.63) is 50.2 Å². The van der Waals surface area contributed by atoms with Crippen molar-refractivity contribution >= 4 is 78.1 Å². The zero-order valence-electron chi connectivity index (χ0n) is 15.6. The zero-order valence-corrected chi connectivity index (χ0v) is 18.8. The highest BCUT2D eigenvalue weighted by molar-refractivity contribution is 7.21. The van der Waals surface area contributed by atoms with Crippen LogP contribution in [0.5, 0.6) is 0 Å². The predicted molar refractivity (Wildman–Crippen MR) is 130 cm³/mol. The van der Waals surface area contributed by atoms with Crippen molar-refractivity contribution in [3.8, 4) is 27.8 Å². The Morgan fingerprint density at radius 2 is 2.00 bits per heavy atom. The maximum Gasteiger partial charge on any atom is 0.269 e. The fourth-order valence-electron chi connectivity index (χ4n) is 3.17. The van der Waals surface area contributed by atoms with Crippen molar-refractivity contribution in [2.45, 2.75) is 0 Å². The summed E-state index contributed by atoms with van der Waals surface area (Å²) < 4.78 is 0. The minimum absolute atomic E-state index is 0.116. The number of hydrogen-bond donors (Lipinski definition) is 3. The number of aromatic nitrogens is 2. The molecule has 31 heavy (non-hydrogen) atoms. The van der Waals surface area contributed by atoms with Crippen molar-refractivity contribution in [3.63, 3.8) is 0 Å². The van der Waals surface area contributed by atoms with Gasteiger partial charge in [0.1, 0.15) is 27.2 Å². The molecule has 1 amide bonds. The monoisotopic (exact) mass is 480 g/mol.